The molecule has 24 heavy (non-hydrogen) atoms. The summed E-state index contributed by atoms with van der Waals surface area (Å²) >= 11 is 0. The van der Waals surface area contributed by atoms with Crippen LogP contribution in [-0.4, -0.2) is 32.3 Å². The van der Waals surface area contributed by atoms with E-state index in [1.807, 2.05) is 6.07 Å². The van der Waals surface area contributed by atoms with E-state index in [9.17, 15) is 0 Å². The van der Waals surface area contributed by atoms with Gasteiger partial charge in [0.2, 0.25) is 0 Å². The lowest BCUT2D eigenvalue weighted by Gasteiger charge is -2.29. The highest BCUT2D eigenvalue weighted by molar-refractivity contribution is 5.77. The van der Waals surface area contributed by atoms with Crippen molar-refractivity contribution in [1.82, 2.24) is 5.32 Å². The Bertz CT molecular complexity index is 592. The van der Waals surface area contributed by atoms with Crippen molar-refractivity contribution in [2.24, 2.45) is 16.6 Å². The van der Waals surface area contributed by atoms with E-state index in [1.165, 1.54) is 18.4 Å². The van der Waals surface area contributed by atoms with Gasteiger partial charge in [-0.05, 0) is 36.5 Å². The molecule has 2 aliphatic rings. The number of nitrogens with zero attached hydrogens (tertiary/aromatic N) is 1. The smallest absolute Gasteiger partial charge is 0.188 e. The minimum Gasteiger partial charge on any atom is -0.486 e. The molecule has 1 aliphatic carbocycles. The molecule has 132 valence electrons. The molecular formula is C19H29N3O2. The molecule has 1 heterocycles. The van der Waals surface area contributed by atoms with Crippen LogP contribution in [-0.2, 0) is 5.41 Å². The summed E-state index contributed by atoms with van der Waals surface area (Å²) in [7, 11) is 0. The van der Waals surface area contributed by atoms with Crippen LogP contribution in [0.5, 0.6) is 11.5 Å². The molecule has 0 atom stereocenters. The number of ether oxygens (including phenoxy) is 2. The number of guanidine groups is 1. The van der Waals surface area contributed by atoms with Crippen molar-refractivity contribution in [3.63, 3.8) is 0 Å². The molecule has 0 amide bonds. The van der Waals surface area contributed by atoms with E-state index in [0.717, 1.165) is 37.4 Å². The third-order valence-corrected chi connectivity index (χ3v) is 4.96. The Hall–Kier alpha value is -1.91. The van der Waals surface area contributed by atoms with Gasteiger partial charge in [0.1, 0.15) is 13.2 Å². The maximum absolute atomic E-state index is 6.04. The van der Waals surface area contributed by atoms with E-state index in [1.54, 1.807) is 0 Å². The van der Waals surface area contributed by atoms with E-state index in [-0.39, 0.29) is 5.41 Å². The minimum atomic E-state index is 0.0694. The molecule has 0 spiro atoms. The second-order valence-corrected chi connectivity index (χ2v) is 7.32. The fourth-order valence-electron chi connectivity index (χ4n) is 3.56. The highest BCUT2D eigenvalue weighted by Gasteiger charge is 2.36. The lowest BCUT2D eigenvalue weighted by atomic mass is 9.79. The Kier molecular flexibility index (Phi) is 5.17. The summed E-state index contributed by atoms with van der Waals surface area (Å²) in [4.78, 5) is 4.65. The van der Waals surface area contributed by atoms with Crippen molar-refractivity contribution in [1.29, 1.82) is 0 Å². The number of rotatable bonds is 5. The number of aliphatic imine (C=N–C) groups is 1. The number of hydrogen-bond donors (Lipinski definition) is 2. The molecular weight excluding hydrogens is 302 g/mol. The molecule has 0 unspecified atom stereocenters. The first kappa shape index (κ1) is 16.9. The Morgan fingerprint density at radius 1 is 1.21 bits per heavy atom. The molecule has 3 rings (SSSR count). The van der Waals surface area contributed by atoms with Crippen molar-refractivity contribution < 1.29 is 9.47 Å². The fraction of sp³-hybridized carbons (Fsp3) is 0.632. The Morgan fingerprint density at radius 2 is 1.92 bits per heavy atom. The van der Waals surface area contributed by atoms with Crippen molar-refractivity contribution in [2.75, 3.05) is 26.3 Å². The average Bonchev–Trinajstić information content (AvgIpc) is 3.08. The van der Waals surface area contributed by atoms with Crippen molar-refractivity contribution >= 4 is 5.96 Å². The third kappa shape index (κ3) is 3.77. The highest BCUT2D eigenvalue weighted by Crippen LogP contribution is 2.44. The van der Waals surface area contributed by atoms with Crippen LogP contribution in [0.1, 0.15) is 45.1 Å². The molecule has 0 aromatic heterocycles. The average molecular weight is 331 g/mol. The predicted octanol–water partition coefficient (Wildman–Crippen LogP) is 2.83. The summed E-state index contributed by atoms with van der Waals surface area (Å²) in [6.45, 7) is 7.14. The fourth-order valence-corrected chi connectivity index (χ4v) is 3.56. The summed E-state index contributed by atoms with van der Waals surface area (Å²) < 4.78 is 11.4. The Morgan fingerprint density at radius 3 is 2.62 bits per heavy atom. The van der Waals surface area contributed by atoms with Gasteiger partial charge in [-0.15, -0.1) is 0 Å². The Balaban J connectivity index is 1.77. The van der Waals surface area contributed by atoms with E-state index < -0.39 is 0 Å². The van der Waals surface area contributed by atoms with E-state index >= 15 is 0 Å². The van der Waals surface area contributed by atoms with Crippen LogP contribution in [0.25, 0.3) is 0 Å². The molecule has 1 saturated carbocycles. The molecule has 1 fully saturated rings. The van der Waals surface area contributed by atoms with Gasteiger partial charge in [-0.3, -0.25) is 4.99 Å². The lowest BCUT2D eigenvalue weighted by molar-refractivity contribution is 0.171. The van der Waals surface area contributed by atoms with Crippen LogP contribution < -0.4 is 20.5 Å². The number of nitrogens with one attached hydrogen (secondary N) is 1. The van der Waals surface area contributed by atoms with E-state index in [4.69, 9.17) is 15.2 Å². The summed E-state index contributed by atoms with van der Waals surface area (Å²) in [6.07, 6.45) is 4.77. The van der Waals surface area contributed by atoms with Gasteiger partial charge in [-0.1, -0.05) is 32.8 Å². The third-order valence-electron chi connectivity index (χ3n) is 4.96. The molecule has 0 bridgehead atoms. The summed E-state index contributed by atoms with van der Waals surface area (Å²) in [5.74, 6) is 2.81. The zero-order valence-electron chi connectivity index (χ0n) is 14.8. The maximum atomic E-state index is 6.04. The van der Waals surface area contributed by atoms with Crippen LogP contribution in [0, 0.1) is 5.92 Å². The summed E-state index contributed by atoms with van der Waals surface area (Å²) in [6, 6.07) is 6.35. The molecule has 1 aromatic rings. The van der Waals surface area contributed by atoms with Gasteiger partial charge in [0, 0.05) is 12.0 Å². The quantitative estimate of drug-likeness (QED) is 0.643. The molecule has 5 heteroatoms. The standard InChI is InChI=1S/C19H29N3O2/c1-14(2)12-21-18(20)22-13-19(7-3-4-8-19)15-5-6-16-17(11-15)24-10-9-23-16/h5-6,11,14H,3-4,7-10,12-13H2,1-2H3,(H3,20,21,22). The van der Waals surface area contributed by atoms with Gasteiger partial charge >= 0.3 is 0 Å². The van der Waals surface area contributed by atoms with Gasteiger partial charge < -0.3 is 20.5 Å². The van der Waals surface area contributed by atoms with Crippen molar-refractivity contribution in [3.8, 4) is 11.5 Å². The molecule has 3 N–H and O–H groups in total. The highest BCUT2D eigenvalue weighted by atomic mass is 16.6. The van der Waals surface area contributed by atoms with Gasteiger partial charge in [0.15, 0.2) is 17.5 Å². The zero-order valence-corrected chi connectivity index (χ0v) is 14.8. The van der Waals surface area contributed by atoms with E-state index in [0.29, 0.717) is 25.1 Å². The molecule has 1 aliphatic heterocycles. The first-order valence-corrected chi connectivity index (χ1v) is 9.03. The SMILES string of the molecule is CC(C)CNC(N)=NCC1(c2ccc3c(c2)OCCO3)CCCC1. The van der Waals surface area contributed by atoms with Crippen LogP contribution in [0.15, 0.2) is 23.2 Å². The molecule has 0 radical (unpaired) electrons. The predicted molar refractivity (Wildman–Crippen MR) is 96.9 cm³/mol. The number of nitrogens with two attached hydrogens (primary N) is 1. The zero-order chi connectivity index (χ0) is 17.0. The number of fused-ring (bicyclic) bond motifs is 1. The van der Waals surface area contributed by atoms with Gasteiger partial charge in [0.25, 0.3) is 0 Å². The van der Waals surface area contributed by atoms with Crippen LogP contribution >= 0.6 is 0 Å². The summed E-state index contributed by atoms with van der Waals surface area (Å²) in [5, 5.41) is 3.21. The van der Waals surface area contributed by atoms with Crippen LogP contribution in [0.3, 0.4) is 0 Å². The topological polar surface area (TPSA) is 68.9 Å². The second-order valence-electron chi connectivity index (χ2n) is 7.32. The van der Waals surface area contributed by atoms with Gasteiger partial charge in [-0.2, -0.15) is 0 Å². The number of benzene rings is 1. The van der Waals surface area contributed by atoms with Crippen LogP contribution in [0.4, 0.5) is 0 Å². The first-order chi connectivity index (χ1) is 11.6. The Labute approximate surface area is 144 Å². The van der Waals surface area contributed by atoms with Crippen molar-refractivity contribution in [2.45, 2.75) is 44.9 Å². The largest absolute Gasteiger partial charge is 0.486 e. The summed E-state index contributed by atoms with van der Waals surface area (Å²) in [5.41, 5.74) is 7.41. The second kappa shape index (κ2) is 7.32. The first-order valence-electron chi connectivity index (χ1n) is 9.03. The minimum absolute atomic E-state index is 0.0694. The molecule has 1 aromatic carbocycles. The van der Waals surface area contributed by atoms with Gasteiger partial charge in [-0.25, -0.2) is 0 Å². The van der Waals surface area contributed by atoms with Crippen molar-refractivity contribution in [3.05, 3.63) is 23.8 Å². The maximum Gasteiger partial charge on any atom is 0.188 e. The van der Waals surface area contributed by atoms with E-state index in [2.05, 4.69) is 36.3 Å². The van der Waals surface area contributed by atoms with Crippen LogP contribution in [0.2, 0.25) is 0 Å². The monoisotopic (exact) mass is 331 g/mol. The normalized spacial score (nSPS) is 19.5. The van der Waals surface area contributed by atoms with Gasteiger partial charge in [0.05, 0.1) is 6.54 Å². The molecule has 0 saturated heterocycles. The lowest BCUT2D eigenvalue weighted by Crippen LogP contribution is -2.36. The molecule has 5 nitrogen and oxygen atoms in total. The number of hydrogen-bond acceptors (Lipinski definition) is 3.